The Labute approximate surface area is 139 Å². The third-order valence-corrected chi connectivity index (χ3v) is 5.18. The number of β-lactam (4-membered cyclic amide) rings is 1. The maximum atomic E-state index is 12.3. The van der Waals surface area contributed by atoms with Gasteiger partial charge in [0.05, 0.1) is 0 Å². The van der Waals surface area contributed by atoms with Crippen molar-refractivity contribution in [2.75, 3.05) is 18.9 Å². The molecule has 0 bridgehead atoms. The van der Waals surface area contributed by atoms with E-state index in [1.807, 2.05) is 0 Å². The van der Waals surface area contributed by atoms with E-state index in [4.69, 9.17) is 4.74 Å². The fourth-order valence-electron chi connectivity index (χ4n) is 2.67. The number of carbonyl (C=O) groups is 3. The number of esters is 1. The van der Waals surface area contributed by atoms with Crippen LogP contribution in [0.2, 0.25) is 0 Å². The quantitative estimate of drug-likeness (QED) is 0.385. The van der Waals surface area contributed by atoms with Crippen molar-refractivity contribution in [2.24, 2.45) is 0 Å². The maximum Gasteiger partial charge on any atom is 0.352 e. The molecular weight excluding hydrogens is 320 g/mol. The predicted molar refractivity (Wildman–Crippen MR) is 85.7 cm³/mol. The maximum absolute atomic E-state index is 12.3. The van der Waals surface area contributed by atoms with Crippen LogP contribution in [0.25, 0.3) is 0 Å². The first kappa shape index (κ1) is 17.8. The van der Waals surface area contributed by atoms with Crippen LogP contribution in [0.5, 0.6) is 0 Å². The van der Waals surface area contributed by atoms with Crippen molar-refractivity contribution in [2.45, 2.75) is 44.5 Å². The summed E-state index contributed by atoms with van der Waals surface area (Å²) in [5, 5.41) is 12.4. The van der Waals surface area contributed by atoms with E-state index in [1.54, 1.807) is 0 Å². The molecule has 23 heavy (non-hydrogen) atoms. The van der Waals surface area contributed by atoms with Crippen molar-refractivity contribution in [3.8, 4) is 0 Å². The second kappa shape index (κ2) is 7.83. The summed E-state index contributed by atoms with van der Waals surface area (Å²) in [6.45, 7) is 4.04. The molecule has 2 atom stereocenters. The molecule has 2 aliphatic rings. The van der Waals surface area contributed by atoms with Crippen molar-refractivity contribution in [3.63, 3.8) is 0 Å². The van der Waals surface area contributed by atoms with Gasteiger partial charge in [-0.05, 0) is 13.0 Å². The average molecular weight is 342 g/mol. The summed E-state index contributed by atoms with van der Waals surface area (Å²) < 4.78 is 4.90. The van der Waals surface area contributed by atoms with Crippen LogP contribution in [0, 0.1) is 0 Å². The second-order valence-electron chi connectivity index (χ2n) is 5.59. The Kier molecular flexibility index (Phi) is 6.06. The Morgan fingerprint density at radius 1 is 1.43 bits per heavy atom. The minimum Gasteiger partial charge on any atom is -0.477 e. The van der Waals surface area contributed by atoms with Gasteiger partial charge in [-0.3, -0.25) is 14.5 Å². The van der Waals surface area contributed by atoms with Gasteiger partial charge < -0.3 is 15.2 Å². The zero-order chi connectivity index (χ0) is 17.0. The van der Waals surface area contributed by atoms with Crippen LogP contribution < -0.4 is 5.32 Å². The van der Waals surface area contributed by atoms with E-state index in [2.05, 4.69) is 12.2 Å². The van der Waals surface area contributed by atoms with Gasteiger partial charge in [0.1, 0.15) is 23.7 Å². The smallest absolute Gasteiger partial charge is 0.352 e. The van der Waals surface area contributed by atoms with E-state index in [0.717, 1.165) is 25.8 Å². The summed E-state index contributed by atoms with van der Waals surface area (Å²) in [4.78, 5) is 36.1. The number of rotatable bonds is 8. The lowest BCUT2D eigenvalue weighted by atomic mass is 10.0. The first-order chi connectivity index (χ1) is 11.0. The SMILES string of the molecule is CCCCCNC1C(=O)N2C(C(=O)O)=C(COC(C)=O)CS[C@H]12. The normalized spacial score (nSPS) is 23.4. The monoisotopic (exact) mass is 342 g/mol. The van der Waals surface area contributed by atoms with E-state index in [1.165, 1.54) is 23.6 Å². The number of carbonyl (C=O) groups excluding carboxylic acids is 2. The minimum atomic E-state index is -1.16. The summed E-state index contributed by atoms with van der Waals surface area (Å²) >= 11 is 1.50. The van der Waals surface area contributed by atoms with Gasteiger partial charge in [0.2, 0.25) is 5.91 Å². The number of nitrogens with zero attached hydrogens (tertiary/aromatic N) is 1. The Morgan fingerprint density at radius 3 is 2.78 bits per heavy atom. The van der Waals surface area contributed by atoms with Crippen molar-refractivity contribution < 1.29 is 24.2 Å². The fourth-order valence-corrected chi connectivity index (χ4v) is 4.03. The highest BCUT2D eigenvalue weighted by molar-refractivity contribution is 8.00. The number of carboxylic acid groups (broad SMARTS) is 1. The molecule has 0 aromatic carbocycles. The number of unbranched alkanes of at least 4 members (excludes halogenated alkanes) is 2. The number of ether oxygens (including phenoxy) is 1. The van der Waals surface area contributed by atoms with Gasteiger partial charge >= 0.3 is 11.9 Å². The van der Waals surface area contributed by atoms with Crippen LogP contribution in [-0.4, -0.2) is 58.2 Å². The van der Waals surface area contributed by atoms with Crippen LogP contribution in [-0.2, 0) is 19.1 Å². The van der Waals surface area contributed by atoms with Crippen LogP contribution >= 0.6 is 11.8 Å². The summed E-state index contributed by atoms with van der Waals surface area (Å²) in [6, 6.07) is -0.332. The Hall–Kier alpha value is -1.54. The molecule has 0 aromatic heterocycles. The van der Waals surface area contributed by atoms with E-state index in [0.29, 0.717) is 11.3 Å². The lowest BCUT2D eigenvalue weighted by Crippen LogP contribution is -2.70. The van der Waals surface area contributed by atoms with Gasteiger partial charge in [0, 0.05) is 18.2 Å². The number of fused-ring (bicyclic) bond motifs is 1. The number of aliphatic carboxylic acids is 1. The zero-order valence-electron chi connectivity index (χ0n) is 13.3. The highest BCUT2D eigenvalue weighted by Crippen LogP contribution is 2.40. The van der Waals surface area contributed by atoms with Gasteiger partial charge in [-0.1, -0.05) is 19.8 Å². The van der Waals surface area contributed by atoms with Crippen molar-refractivity contribution in [3.05, 3.63) is 11.3 Å². The van der Waals surface area contributed by atoms with Crippen molar-refractivity contribution in [1.82, 2.24) is 10.2 Å². The number of thioether (sulfide) groups is 1. The summed E-state index contributed by atoms with van der Waals surface area (Å²) in [5.74, 6) is -1.41. The topological polar surface area (TPSA) is 95.9 Å². The molecule has 0 aliphatic carbocycles. The Morgan fingerprint density at radius 2 is 2.17 bits per heavy atom. The molecule has 2 heterocycles. The fraction of sp³-hybridized carbons (Fsp3) is 0.667. The first-order valence-corrected chi connectivity index (χ1v) is 8.79. The number of hydrogen-bond donors (Lipinski definition) is 2. The third-order valence-electron chi connectivity index (χ3n) is 3.84. The van der Waals surface area contributed by atoms with E-state index >= 15 is 0 Å². The van der Waals surface area contributed by atoms with E-state index in [9.17, 15) is 19.5 Å². The molecule has 2 rings (SSSR count). The molecule has 128 valence electrons. The molecule has 1 amide bonds. The van der Waals surface area contributed by atoms with Crippen LogP contribution in [0.15, 0.2) is 11.3 Å². The molecule has 1 unspecified atom stereocenters. The van der Waals surface area contributed by atoms with Crippen LogP contribution in [0.3, 0.4) is 0 Å². The summed E-state index contributed by atoms with van der Waals surface area (Å²) in [7, 11) is 0. The summed E-state index contributed by atoms with van der Waals surface area (Å²) in [5.41, 5.74) is 0.429. The Balaban J connectivity index is 2.04. The largest absolute Gasteiger partial charge is 0.477 e. The second-order valence-corrected chi connectivity index (χ2v) is 6.69. The van der Waals surface area contributed by atoms with E-state index in [-0.39, 0.29) is 29.6 Å². The van der Waals surface area contributed by atoms with Crippen LogP contribution in [0.1, 0.15) is 33.1 Å². The first-order valence-electron chi connectivity index (χ1n) is 7.74. The van der Waals surface area contributed by atoms with Gasteiger partial charge in [0.25, 0.3) is 0 Å². The lowest BCUT2D eigenvalue weighted by Gasteiger charge is -2.49. The number of carboxylic acids is 1. The molecule has 0 radical (unpaired) electrons. The highest BCUT2D eigenvalue weighted by atomic mass is 32.2. The number of amides is 1. The van der Waals surface area contributed by atoms with E-state index < -0.39 is 11.9 Å². The molecule has 2 N–H and O–H groups in total. The van der Waals surface area contributed by atoms with Crippen molar-refractivity contribution >= 4 is 29.6 Å². The minimum absolute atomic E-state index is 0.0355. The standard InChI is InChI=1S/C15H22N2O5S/c1-3-4-5-6-16-11-13(19)17-12(15(20)21)10(7-22-9(2)18)8-23-14(11)17/h11,14,16H,3-8H2,1-2H3,(H,20,21)/t11?,14-/m1/s1. The van der Waals surface area contributed by atoms with Gasteiger partial charge in [-0.25, -0.2) is 4.79 Å². The highest BCUT2D eigenvalue weighted by Gasteiger charge is 2.53. The average Bonchev–Trinajstić information content (AvgIpc) is 2.51. The molecule has 1 fully saturated rings. The molecule has 8 heteroatoms. The predicted octanol–water partition coefficient (Wildman–Crippen LogP) is 0.952. The lowest BCUT2D eigenvalue weighted by molar-refractivity contribution is -0.149. The van der Waals surface area contributed by atoms with Gasteiger partial charge in [-0.15, -0.1) is 11.8 Å². The molecule has 2 aliphatic heterocycles. The zero-order valence-corrected chi connectivity index (χ0v) is 14.1. The van der Waals surface area contributed by atoms with Crippen molar-refractivity contribution in [1.29, 1.82) is 0 Å². The molecule has 0 saturated carbocycles. The summed E-state index contributed by atoms with van der Waals surface area (Å²) in [6.07, 6.45) is 3.20. The number of nitrogens with one attached hydrogen (secondary N) is 1. The molecule has 7 nitrogen and oxygen atoms in total. The third kappa shape index (κ3) is 3.87. The molecular formula is C15H22N2O5S. The number of hydrogen-bond acceptors (Lipinski definition) is 6. The van der Waals surface area contributed by atoms with Gasteiger partial charge in [0.15, 0.2) is 0 Å². The molecule has 0 spiro atoms. The van der Waals surface area contributed by atoms with Gasteiger partial charge in [-0.2, -0.15) is 0 Å². The molecule has 1 saturated heterocycles. The Bertz CT molecular complexity index is 534. The van der Waals surface area contributed by atoms with Crippen LogP contribution in [0.4, 0.5) is 0 Å². The molecule has 0 aromatic rings.